The number of rotatable bonds is 3. The van der Waals surface area contributed by atoms with E-state index >= 15 is 0 Å². The third-order valence-corrected chi connectivity index (χ3v) is 3.95. The molecule has 102 valence electrons. The van der Waals surface area contributed by atoms with Gasteiger partial charge in [0, 0.05) is 22.5 Å². The van der Waals surface area contributed by atoms with Gasteiger partial charge in [-0.2, -0.15) is 0 Å². The Morgan fingerprint density at radius 3 is 2.68 bits per heavy atom. The first-order valence-electron chi connectivity index (χ1n) is 6.32. The summed E-state index contributed by atoms with van der Waals surface area (Å²) in [5, 5.41) is 4.33. The molecule has 0 bridgehead atoms. The molecular weight excluding hydrogens is 259 g/mol. The molecule has 0 amide bonds. The first-order chi connectivity index (χ1) is 8.85. The number of nitrogens with one attached hydrogen (secondary N) is 1. The summed E-state index contributed by atoms with van der Waals surface area (Å²) in [4.78, 5) is 5.74. The largest absolute Gasteiger partial charge is 0.307 e. The molecule has 1 aromatic heterocycles. The van der Waals surface area contributed by atoms with E-state index < -0.39 is 0 Å². The van der Waals surface area contributed by atoms with Crippen molar-refractivity contribution in [3.05, 3.63) is 40.7 Å². The number of benzene rings is 1. The minimum atomic E-state index is -0.222. The molecule has 0 aliphatic carbocycles. The summed E-state index contributed by atoms with van der Waals surface area (Å²) in [6, 6.07) is 6.59. The lowest BCUT2D eigenvalue weighted by molar-refractivity contribution is 0.425. The Hall–Kier alpha value is -1.26. The number of aryl methyl sites for hydroxylation is 1. The van der Waals surface area contributed by atoms with Gasteiger partial charge in [-0.1, -0.05) is 12.1 Å². The lowest BCUT2D eigenvalue weighted by Crippen LogP contribution is -2.34. The molecule has 0 unspecified atom stereocenters. The van der Waals surface area contributed by atoms with E-state index in [1.807, 2.05) is 13.0 Å². The maximum Gasteiger partial charge on any atom is 0.124 e. The first kappa shape index (κ1) is 14.2. The van der Waals surface area contributed by atoms with E-state index in [1.165, 1.54) is 17.0 Å². The highest BCUT2D eigenvalue weighted by Gasteiger charge is 2.13. The average molecular weight is 278 g/mol. The summed E-state index contributed by atoms with van der Waals surface area (Å²) in [6.45, 7) is 9.20. The third-order valence-electron chi connectivity index (χ3n) is 2.74. The molecule has 0 radical (unpaired) electrons. The highest BCUT2D eigenvalue weighted by molar-refractivity contribution is 7.15. The van der Waals surface area contributed by atoms with E-state index in [-0.39, 0.29) is 11.4 Å². The molecule has 4 heteroatoms. The number of halogens is 1. The zero-order chi connectivity index (χ0) is 14.0. The van der Waals surface area contributed by atoms with Crippen LogP contribution in [0.15, 0.2) is 24.3 Å². The van der Waals surface area contributed by atoms with Crippen LogP contribution in [0.4, 0.5) is 4.39 Å². The fraction of sp³-hybridized carbons (Fsp3) is 0.400. The van der Waals surface area contributed by atoms with Crippen LogP contribution in [-0.2, 0) is 6.54 Å². The van der Waals surface area contributed by atoms with Crippen molar-refractivity contribution in [2.75, 3.05) is 0 Å². The monoisotopic (exact) mass is 278 g/mol. The van der Waals surface area contributed by atoms with Crippen molar-refractivity contribution in [1.29, 1.82) is 0 Å². The minimum absolute atomic E-state index is 0.0788. The van der Waals surface area contributed by atoms with Gasteiger partial charge in [0.25, 0.3) is 0 Å². The predicted molar refractivity (Wildman–Crippen MR) is 78.8 cm³/mol. The second kappa shape index (κ2) is 5.39. The molecule has 1 heterocycles. The lowest BCUT2D eigenvalue weighted by Gasteiger charge is -2.19. The van der Waals surface area contributed by atoms with E-state index in [0.717, 1.165) is 22.8 Å². The standard InChI is InChI=1S/C15H19FN2S/c1-10-13(9-17-15(2,3)4)19-14(18-10)11-6-5-7-12(16)8-11/h5-8,17H,9H2,1-4H3. The highest BCUT2D eigenvalue weighted by atomic mass is 32.1. The summed E-state index contributed by atoms with van der Waals surface area (Å²) in [5.41, 5.74) is 1.94. The number of nitrogens with zero attached hydrogens (tertiary/aromatic N) is 1. The number of aromatic nitrogens is 1. The van der Waals surface area contributed by atoms with Gasteiger partial charge in [0.1, 0.15) is 10.8 Å². The van der Waals surface area contributed by atoms with Gasteiger partial charge in [-0.3, -0.25) is 0 Å². The SMILES string of the molecule is Cc1nc(-c2cccc(F)c2)sc1CNC(C)(C)C. The lowest BCUT2D eigenvalue weighted by atomic mass is 10.1. The van der Waals surface area contributed by atoms with Gasteiger partial charge in [0.05, 0.1) is 5.69 Å². The second-order valence-corrected chi connectivity index (χ2v) is 6.73. The zero-order valence-electron chi connectivity index (χ0n) is 11.7. The van der Waals surface area contributed by atoms with E-state index in [4.69, 9.17) is 0 Å². The van der Waals surface area contributed by atoms with Crippen molar-refractivity contribution in [3.63, 3.8) is 0 Å². The third kappa shape index (κ3) is 3.85. The van der Waals surface area contributed by atoms with Gasteiger partial charge < -0.3 is 5.32 Å². The Bertz CT molecular complexity index is 570. The molecule has 0 atom stereocenters. The minimum Gasteiger partial charge on any atom is -0.307 e. The first-order valence-corrected chi connectivity index (χ1v) is 7.14. The van der Waals surface area contributed by atoms with Crippen molar-refractivity contribution < 1.29 is 4.39 Å². The summed E-state index contributed by atoms with van der Waals surface area (Å²) < 4.78 is 13.2. The summed E-state index contributed by atoms with van der Waals surface area (Å²) in [6.07, 6.45) is 0. The number of thiazole rings is 1. The zero-order valence-corrected chi connectivity index (χ0v) is 12.6. The van der Waals surface area contributed by atoms with Gasteiger partial charge in [0.2, 0.25) is 0 Å². The van der Waals surface area contributed by atoms with E-state index in [1.54, 1.807) is 17.4 Å². The van der Waals surface area contributed by atoms with Crippen molar-refractivity contribution in [3.8, 4) is 10.6 Å². The summed E-state index contributed by atoms with van der Waals surface area (Å²) in [5.74, 6) is -0.222. The maximum atomic E-state index is 13.2. The normalized spacial score (nSPS) is 11.8. The van der Waals surface area contributed by atoms with Crippen LogP contribution >= 0.6 is 11.3 Å². The highest BCUT2D eigenvalue weighted by Crippen LogP contribution is 2.28. The van der Waals surface area contributed by atoms with Crippen LogP contribution in [-0.4, -0.2) is 10.5 Å². The molecule has 2 aromatic rings. The van der Waals surface area contributed by atoms with Gasteiger partial charge in [-0.25, -0.2) is 9.37 Å². The topological polar surface area (TPSA) is 24.9 Å². The Labute approximate surface area is 117 Å². The van der Waals surface area contributed by atoms with E-state index in [2.05, 4.69) is 31.1 Å². The molecule has 1 N–H and O–H groups in total. The van der Waals surface area contributed by atoms with Crippen LogP contribution in [0.1, 0.15) is 31.3 Å². The van der Waals surface area contributed by atoms with Crippen LogP contribution in [0.5, 0.6) is 0 Å². The van der Waals surface area contributed by atoms with Crippen LogP contribution in [0.3, 0.4) is 0 Å². The van der Waals surface area contributed by atoms with Crippen molar-refractivity contribution in [2.45, 2.75) is 39.8 Å². The molecule has 0 saturated carbocycles. The van der Waals surface area contributed by atoms with E-state index in [9.17, 15) is 4.39 Å². The molecule has 0 saturated heterocycles. The maximum absolute atomic E-state index is 13.2. The van der Waals surface area contributed by atoms with Crippen molar-refractivity contribution in [2.24, 2.45) is 0 Å². The van der Waals surface area contributed by atoms with Gasteiger partial charge in [-0.05, 0) is 39.8 Å². The number of hydrogen-bond acceptors (Lipinski definition) is 3. The Kier molecular flexibility index (Phi) is 4.02. The van der Waals surface area contributed by atoms with Crippen LogP contribution in [0, 0.1) is 12.7 Å². The van der Waals surface area contributed by atoms with Gasteiger partial charge in [-0.15, -0.1) is 11.3 Å². The molecule has 1 aromatic carbocycles. The fourth-order valence-corrected chi connectivity index (χ4v) is 2.68. The quantitative estimate of drug-likeness (QED) is 0.912. The van der Waals surface area contributed by atoms with Crippen LogP contribution in [0.2, 0.25) is 0 Å². The van der Waals surface area contributed by atoms with E-state index in [0.29, 0.717) is 0 Å². The molecular formula is C15H19FN2S. The van der Waals surface area contributed by atoms with Gasteiger partial charge >= 0.3 is 0 Å². The fourth-order valence-electron chi connectivity index (χ4n) is 1.68. The Balaban J connectivity index is 2.21. The summed E-state index contributed by atoms with van der Waals surface area (Å²) in [7, 11) is 0. The number of hydrogen-bond donors (Lipinski definition) is 1. The predicted octanol–water partition coefficient (Wildman–Crippen LogP) is 4.15. The van der Waals surface area contributed by atoms with Gasteiger partial charge in [0.15, 0.2) is 0 Å². The molecule has 2 nitrogen and oxygen atoms in total. The molecule has 0 aliphatic rings. The molecule has 0 fully saturated rings. The van der Waals surface area contributed by atoms with Crippen LogP contribution < -0.4 is 5.32 Å². The van der Waals surface area contributed by atoms with Crippen LogP contribution in [0.25, 0.3) is 10.6 Å². The summed E-state index contributed by atoms with van der Waals surface area (Å²) >= 11 is 1.62. The second-order valence-electron chi connectivity index (χ2n) is 5.64. The smallest absolute Gasteiger partial charge is 0.124 e. The van der Waals surface area contributed by atoms with Crippen molar-refractivity contribution in [1.82, 2.24) is 10.3 Å². The molecule has 2 rings (SSSR count). The molecule has 0 aliphatic heterocycles. The molecule has 0 spiro atoms. The molecule has 19 heavy (non-hydrogen) atoms. The average Bonchev–Trinajstić information content (AvgIpc) is 2.67. The Morgan fingerprint density at radius 1 is 1.32 bits per heavy atom. The van der Waals surface area contributed by atoms with Crippen molar-refractivity contribution >= 4 is 11.3 Å². The Morgan fingerprint density at radius 2 is 2.05 bits per heavy atom.